The van der Waals surface area contributed by atoms with Gasteiger partial charge in [-0.1, -0.05) is 24.3 Å². The summed E-state index contributed by atoms with van der Waals surface area (Å²) in [5.74, 6) is 1.19. The lowest BCUT2D eigenvalue weighted by molar-refractivity contribution is -0.665. The van der Waals surface area contributed by atoms with E-state index in [2.05, 4.69) is 90.8 Å². The van der Waals surface area contributed by atoms with Crippen LogP contribution in [0.5, 0.6) is 0 Å². The monoisotopic (exact) mass is 287 g/mol. The van der Waals surface area contributed by atoms with Crippen molar-refractivity contribution in [2.75, 3.05) is 0 Å². The van der Waals surface area contributed by atoms with Crippen molar-refractivity contribution >= 4 is 21.8 Å². The highest BCUT2D eigenvalue weighted by atomic mass is 15.1. The number of aromatic nitrogens is 2. The van der Waals surface area contributed by atoms with Crippen molar-refractivity contribution in [2.45, 2.75) is 13.8 Å². The van der Waals surface area contributed by atoms with Crippen LogP contribution in [0.15, 0.2) is 60.8 Å². The quantitative estimate of drug-likeness (QED) is 0.463. The normalized spacial score (nSPS) is 11.4. The first kappa shape index (κ1) is 13.1. The Morgan fingerprint density at radius 3 is 2.50 bits per heavy atom. The van der Waals surface area contributed by atoms with E-state index in [4.69, 9.17) is 0 Å². The van der Waals surface area contributed by atoms with Gasteiger partial charge < -0.3 is 0 Å². The predicted octanol–water partition coefficient (Wildman–Crippen LogP) is 4.23. The fourth-order valence-corrected chi connectivity index (χ4v) is 3.31. The van der Waals surface area contributed by atoms with Crippen LogP contribution in [-0.2, 0) is 7.05 Å². The molecule has 0 atom stereocenters. The third-order valence-corrected chi connectivity index (χ3v) is 4.40. The van der Waals surface area contributed by atoms with Crippen molar-refractivity contribution in [3.63, 3.8) is 0 Å². The van der Waals surface area contributed by atoms with E-state index in [-0.39, 0.29) is 0 Å². The van der Waals surface area contributed by atoms with Crippen LogP contribution in [0, 0.1) is 13.8 Å². The molecular formula is C20H19N2+. The fourth-order valence-electron chi connectivity index (χ4n) is 3.31. The van der Waals surface area contributed by atoms with Crippen molar-refractivity contribution in [1.82, 2.24) is 4.57 Å². The van der Waals surface area contributed by atoms with Crippen LogP contribution in [0.2, 0.25) is 0 Å². The average Bonchev–Trinajstić information content (AvgIpc) is 2.86. The number of hydrogen-bond acceptors (Lipinski definition) is 0. The molecule has 0 spiro atoms. The molecule has 2 aromatic carbocycles. The number of rotatable bonds is 1. The molecule has 0 aliphatic heterocycles. The van der Waals surface area contributed by atoms with Gasteiger partial charge in [0.2, 0.25) is 0 Å². The molecular weight excluding hydrogens is 268 g/mol. The molecule has 0 unspecified atom stereocenters. The minimum absolute atomic E-state index is 1.19. The number of hydrogen-bond donors (Lipinski definition) is 0. The summed E-state index contributed by atoms with van der Waals surface area (Å²) in [5.41, 5.74) is 5.13. The molecule has 0 saturated heterocycles. The summed E-state index contributed by atoms with van der Waals surface area (Å²) in [6, 6.07) is 19.6. The van der Waals surface area contributed by atoms with E-state index in [1.54, 1.807) is 0 Å². The van der Waals surface area contributed by atoms with E-state index in [9.17, 15) is 0 Å². The van der Waals surface area contributed by atoms with Gasteiger partial charge in [-0.3, -0.25) is 0 Å². The smallest absolute Gasteiger partial charge is 0.237 e. The number of para-hydroxylation sites is 2. The molecule has 0 N–H and O–H groups in total. The van der Waals surface area contributed by atoms with Crippen molar-refractivity contribution in [3.8, 4) is 5.82 Å². The minimum atomic E-state index is 1.19. The SMILES string of the molecule is Cc1cc[n+](C)c(-n2c3ccccc3c3cccc(C)c32)c1. The highest BCUT2D eigenvalue weighted by Gasteiger charge is 2.21. The van der Waals surface area contributed by atoms with Gasteiger partial charge in [0.1, 0.15) is 11.0 Å². The van der Waals surface area contributed by atoms with Crippen molar-refractivity contribution in [2.24, 2.45) is 7.05 Å². The molecule has 4 aromatic rings. The number of fused-ring (bicyclic) bond motifs is 3. The Bertz CT molecular complexity index is 1010. The van der Waals surface area contributed by atoms with Gasteiger partial charge in [0.15, 0.2) is 0 Å². The van der Waals surface area contributed by atoms with Gasteiger partial charge in [0.25, 0.3) is 5.82 Å². The third-order valence-electron chi connectivity index (χ3n) is 4.40. The van der Waals surface area contributed by atoms with Crippen molar-refractivity contribution in [3.05, 3.63) is 71.9 Å². The molecule has 4 rings (SSSR count). The Morgan fingerprint density at radius 1 is 0.864 bits per heavy atom. The Kier molecular flexibility index (Phi) is 2.80. The van der Waals surface area contributed by atoms with E-state index in [1.807, 2.05) is 0 Å². The zero-order valence-electron chi connectivity index (χ0n) is 13.2. The largest absolute Gasteiger partial charge is 0.286 e. The number of nitrogens with zero attached hydrogens (tertiary/aromatic N) is 2. The second-order valence-electron chi connectivity index (χ2n) is 6.00. The molecule has 0 radical (unpaired) electrons. The molecule has 0 aliphatic rings. The standard InChI is InChI=1S/C20H19N2/c1-14-11-12-21(3)19(13-14)22-18-10-5-4-8-16(18)17-9-6-7-15(2)20(17)22/h4-13H,1-3H3/q+1. The van der Waals surface area contributed by atoms with Gasteiger partial charge in [-0.25, -0.2) is 4.57 Å². The highest BCUT2D eigenvalue weighted by molar-refractivity contribution is 6.09. The van der Waals surface area contributed by atoms with Crippen LogP contribution >= 0.6 is 0 Å². The Labute approximate surface area is 130 Å². The summed E-state index contributed by atoms with van der Waals surface area (Å²) in [6.07, 6.45) is 2.13. The van der Waals surface area contributed by atoms with Gasteiger partial charge in [-0.05, 0) is 49.2 Å². The van der Waals surface area contributed by atoms with Crippen LogP contribution in [0.4, 0.5) is 0 Å². The van der Waals surface area contributed by atoms with E-state index in [0.29, 0.717) is 0 Å². The maximum Gasteiger partial charge on any atom is 0.286 e. The predicted molar refractivity (Wildman–Crippen MR) is 91.4 cm³/mol. The summed E-state index contributed by atoms with van der Waals surface area (Å²) in [4.78, 5) is 0. The lowest BCUT2D eigenvalue weighted by Gasteiger charge is -2.06. The average molecular weight is 287 g/mol. The second kappa shape index (κ2) is 4.70. The van der Waals surface area contributed by atoms with Crippen molar-refractivity contribution < 1.29 is 4.57 Å². The van der Waals surface area contributed by atoms with E-state index in [1.165, 1.54) is 38.8 Å². The summed E-state index contributed by atoms with van der Waals surface area (Å²) in [6.45, 7) is 4.33. The Hall–Kier alpha value is -2.61. The van der Waals surface area contributed by atoms with Crippen molar-refractivity contribution in [1.29, 1.82) is 0 Å². The molecule has 0 aliphatic carbocycles. The zero-order chi connectivity index (χ0) is 15.3. The van der Waals surface area contributed by atoms with Crippen LogP contribution in [0.1, 0.15) is 11.1 Å². The maximum absolute atomic E-state index is 2.38. The number of pyridine rings is 1. The number of aryl methyl sites for hydroxylation is 3. The van der Waals surface area contributed by atoms with E-state index >= 15 is 0 Å². The van der Waals surface area contributed by atoms with Crippen LogP contribution in [0.25, 0.3) is 27.6 Å². The summed E-state index contributed by atoms with van der Waals surface area (Å²) in [5, 5.41) is 2.62. The molecule has 0 amide bonds. The van der Waals surface area contributed by atoms with Gasteiger partial charge in [-0.15, -0.1) is 0 Å². The first-order chi connectivity index (χ1) is 10.7. The first-order valence-corrected chi connectivity index (χ1v) is 7.62. The summed E-state index contributed by atoms with van der Waals surface area (Å²) in [7, 11) is 2.10. The van der Waals surface area contributed by atoms with Crippen LogP contribution < -0.4 is 4.57 Å². The molecule has 0 saturated carbocycles. The highest BCUT2D eigenvalue weighted by Crippen LogP contribution is 2.32. The van der Waals surface area contributed by atoms with Gasteiger partial charge in [0, 0.05) is 16.8 Å². The summed E-state index contributed by atoms with van der Waals surface area (Å²) >= 11 is 0. The molecule has 0 fully saturated rings. The minimum Gasteiger partial charge on any atom is -0.237 e. The Balaban J connectivity index is 2.27. The molecule has 22 heavy (non-hydrogen) atoms. The van der Waals surface area contributed by atoms with Crippen LogP contribution in [-0.4, -0.2) is 4.57 Å². The second-order valence-corrected chi connectivity index (χ2v) is 6.00. The number of benzene rings is 2. The van der Waals surface area contributed by atoms with Crippen LogP contribution in [0.3, 0.4) is 0 Å². The molecule has 108 valence electrons. The molecule has 2 heterocycles. The molecule has 2 heteroatoms. The third kappa shape index (κ3) is 1.77. The van der Waals surface area contributed by atoms with E-state index < -0.39 is 0 Å². The lowest BCUT2D eigenvalue weighted by Crippen LogP contribution is -2.33. The van der Waals surface area contributed by atoms with Gasteiger partial charge >= 0.3 is 0 Å². The molecule has 2 aromatic heterocycles. The first-order valence-electron chi connectivity index (χ1n) is 7.62. The summed E-state index contributed by atoms with van der Waals surface area (Å²) < 4.78 is 4.57. The van der Waals surface area contributed by atoms with E-state index in [0.717, 1.165) is 0 Å². The topological polar surface area (TPSA) is 8.81 Å². The Morgan fingerprint density at radius 2 is 1.64 bits per heavy atom. The maximum atomic E-state index is 2.38. The fraction of sp³-hybridized carbons (Fsp3) is 0.150. The van der Waals surface area contributed by atoms with Gasteiger partial charge in [0.05, 0.1) is 13.2 Å². The molecule has 2 nitrogen and oxygen atoms in total. The molecule has 0 bridgehead atoms. The zero-order valence-corrected chi connectivity index (χ0v) is 13.2. The lowest BCUT2D eigenvalue weighted by atomic mass is 10.1. The van der Waals surface area contributed by atoms with Gasteiger partial charge in [-0.2, -0.15) is 4.57 Å².